The number of ketones is 1. The first-order chi connectivity index (χ1) is 22.2. The highest BCUT2D eigenvalue weighted by Gasteiger charge is 2.50. The van der Waals surface area contributed by atoms with Crippen LogP contribution in [0, 0.1) is 24.2 Å². The molecule has 48 heavy (non-hydrogen) atoms. The van der Waals surface area contributed by atoms with Gasteiger partial charge in [-0.3, -0.25) is 9.59 Å². The number of nitrogens with zero attached hydrogens (tertiary/aromatic N) is 1. The van der Waals surface area contributed by atoms with Crippen molar-refractivity contribution < 1.29 is 33.4 Å². The number of hydrogen-bond acceptors (Lipinski definition) is 9. The zero-order valence-electron chi connectivity index (χ0n) is 30.9. The molecule has 1 aliphatic rings. The Labute approximate surface area is 293 Å². The number of aliphatic hydroxyl groups excluding tert-OH is 1. The molecule has 2 rings (SSSR count). The van der Waals surface area contributed by atoms with Crippen molar-refractivity contribution in [3.05, 3.63) is 58.6 Å². The molecule has 1 aromatic rings. The van der Waals surface area contributed by atoms with Crippen molar-refractivity contribution in [1.82, 2.24) is 4.98 Å². The molecule has 0 aliphatic carbocycles. The third kappa shape index (κ3) is 11.5. The van der Waals surface area contributed by atoms with E-state index >= 15 is 0 Å². The lowest BCUT2D eigenvalue weighted by Gasteiger charge is -2.45. The number of ether oxygens (including phenoxy) is 2. The molecular formula is C38H59NO7SSi. The summed E-state index contributed by atoms with van der Waals surface area (Å²) in [5, 5.41) is 14.1. The predicted molar refractivity (Wildman–Crippen MR) is 197 cm³/mol. The molecule has 6 atom stereocenters. The summed E-state index contributed by atoms with van der Waals surface area (Å²) < 4.78 is 18.6. The molecule has 0 bridgehead atoms. The first-order valence-corrected chi connectivity index (χ1v) is 20.8. The molecule has 0 amide bonds. The van der Waals surface area contributed by atoms with Crippen LogP contribution in [0.3, 0.4) is 0 Å². The van der Waals surface area contributed by atoms with Crippen molar-refractivity contribution in [3.8, 4) is 0 Å². The van der Waals surface area contributed by atoms with Gasteiger partial charge in [0.1, 0.15) is 18.5 Å². The minimum atomic E-state index is -2.50. The van der Waals surface area contributed by atoms with E-state index < -0.39 is 49.9 Å². The van der Waals surface area contributed by atoms with Gasteiger partial charge in [0.2, 0.25) is 0 Å². The summed E-state index contributed by atoms with van der Waals surface area (Å²) >= 11 is 1.54. The van der Waals surface area contributed by atoms with Crippen molar-refractivity contribution in [2.24, 2.45) is 17.3 Å². The van der Waals surface area contributed by atoms with Gasteiger partial charge in [-0.1, -0.05) is 53.3 Å². The molecule has 0 saturated heterocycles. The molecule has 0 spiro atoms. The Kier molecular flexibility index (Phi) is 15.4. The minimum Gasteiger partial charge on any atom is -0.458 e. The van der Waals surface area contributed by atoms with Crippen molar-refractivity contribution in [3.63, 3.8) is 0 Å². The van der Waals surface area contributed by atoms with Crippen LogP contribution in [0.5, 0.6) is 0 Å². The number of aliphatic hydroxyl groups is 1. The Morgan fingerprint density at radius 3 is 2.48 bits per heavy atom. The maximum Gasteiger partial charge on any atom is 0.330 e. The van der Waals surface area contributed by atoms with Gasteiger partial charge in [0.15, 0.2) is 8.32 Å². The summed E-state index contributed by atoms with van der Waals surface area (Å²) in [7, 11) is -2.50. The zero-order valence-corrected chi connectivity index (χ0v) is 32.7. The van der Waals surface area contributed by atoms with Crippen LogP contribution in [0.1, 0.15) is 97.7 Å². The lowest BCUT2D eigenvalue weighted by Crippen LogP contribution is -2.53. The summed E-state index contributed by atoms with van der Waals surface area (Å²) in [4.78, 5) is 45.0. The summed E-state index contributed by atoms with van der Waals surface area (Å²) in [5.74, 6) is -2.05. The van der Waals surface area contributed by atoms with Crippen molar-refractivity contribution in [2.45, 2.75) is 130 Å². The molecule has 268 valence electrons. The Morgan fingerprint density at radius 2 is 1.92 bits per heavy atom. The van der Waals surface area contributed by atoms with E-state index in [1.165, 1.54) is 0 Å². The normalized spacial score (nSPS) is 28.6. The van der Waals surface area contributed by atoms with Crippen molar-refractivity contribution in [2.75, 3.05) is 6.61 Å². The van der Waals surface area contributed by atoms with Gasteiger partial charge in [-0.25, -0.2) is 9.78 Å². The Hall–Kier alpha value is -2.66. The van der Waals surface area contributed by atoms with E-state index in [1.807, 2.05) is 45.2 Å². The van der Waals surface area contributed by atoms with E-state index in [9.17, 15) is 19.5 Å². The molecule has 0 radical (unpaired) electrons. The summed E-state index contributed by atoms with van der Waals surface area (Å²) in [6, 6.07) is 0. The topological polar surface area (TPSA) is 112 Å². The Balaban J connectivity index is 2.69. The zero-order chi connectivity index (χ0) is 36.4. The third-order valence-electron chi connectivity index (χ3n) is 10.1. The van der Waals surface area contributed by atoms with Gasteiger partial charge >= 0.3 is 11.9 Å². The van der Waals surface area contributed by atoms with Crippen LogP contribution >= 0.6 is 11.3 Å². The van der Waals surface area contributed by atoms with Crippen LogP contribution in [-0.4, -0.2) is 61.0 Å². The first-order valence-electron chi connectivity index (χ1n) is 17.0. The maximum absolute atomic E-state index is 14.5. The van der Waals surface area contributed by atoms with Gasteiger partial charge in [0, 0.05) is 23.8 Å². The second-order valence-electron chi connectivity index (χ2n) is 15.1. The second kappa shape index (κ2) is 17.8. The average Bonchev–Trinajstić information content (AvgIpc) is 3.42. The smallest absolute Gasteiger partial charge is 0.330 e. The SMILES string of the molecule is C=CC[C@]1(C)C(=O)[C@@H](C)[C@H](O)[C@@H](C)CCC/C(COC(=O)C=C)=C\C[C@@H](/C(C)=C/c2csc(C)n2)OC(=O)C[C@@H]1O[Si](C)(C)C(C)(C)C. The molecule has 1 aromatic heterocycles. The molecule has 0 saturated carbocycles. The number of hydrogen-bond donors (Lipinski definition) is 1. The number of thiazole rings is 1. The van der Waals surface area contributed by atoms with Crippen molar-refractivity contribution in [1.29, 1.82) is 0 Å². The summed E-state index contributed by atoms with van der Waals surface area (Å²) in [5.41, 5.74) is 1.34. The monoisotopic (exact) mass is 701 g/mol. The molecule has 1 N–H and O–H groups in total. The lowest BCUT2D eigenvalue weighted by atomic mass is 9.69. The lowest BCUT2D eigenvalue weighted by molar-refractivity contribution is -0.154. The van der Waals surface area contributed by atoms with Crippen LogP contribution in [-0.2, 0) is 28.3 Å². The number of rotatable bonds is 9. The molecular weight excluding hydrogens is 643 g/mol. The van der Waals surface area contributed by atoms with E-state index in [0.717, 1.165) is 27.9 Å². The van der Waals surface area contributed by atoms with Gasteiger partial charge in [-0.2, -0.15) is 0 Å². The molecule has 8 nitrogen and oxygen atoms in total. The summed E-state index contributed by atoms with van der Waals surface area (Å²) in [6.45, 7) is 27.5. The van der Waals surface area contributed by atoms with Gasteiger partial charge in [0.25, 0.3) is 0 Å². The minimum absolute atomic E-state index is 0.0771. The largest absolute Gasteiger partial charge is 0.458 e. The number of allylic oxidation sites excluding steroid dienone is 1. The molecule has 0 unspecified atom stereocenters. The van der Waals surface area contributed by atoms with Gasteiger partial charge in [0.05, 0.1) is 34.7 Å². The van der Waals surface area contributed by atoms with Crippen molar-refractivity contribution >= 4 is 43.5 Å². The standard InChI is InChI=1S/C38H59NO7SSi/c1-13-20-38(10)32(46-48(11,12)37(7,8)9)22-34(41)45-31(26(4)21-30-24-47-28(6)39-30)19-18-29(23-44-33(40)14-2)17-15-16-25(3)35(42)27(5)36(38)43/h13-14,18,21,24-25,27,31-32,35,42H,1-2,15-17,19-20,22-23H2,3-12H3/b26-21+,29-18+/t25-,27-,31-,32-,35+,38-/m0/s1. The third-order valence-corrected chi connectivity index (χ3v) is 15.4. The van der Waals surface area contributed by atoms with Gasteiger partial charge in [-0.05, 0) is 87.7 Å². The highest BCUT2D eigenvalue weighted by Crippen LogP contribution is 2.44. The Morgan fingerprint density at radius 1 is 1.25 bits per heavy atom. The van der Waals surface area contributed by atoms with Gasteiger partial charge < -0.3 is 19.0 Å². The fraction of sp³-hybridized carbons (Fsp3) is 0.632. The number of aryl methyl sites for hydroxylation is 1. The molecule has 0 aromatic carbocycles. The number of cyclic esters (lactones) is 1. The fourth-order valence-electron chi connectivity index (χ4n) is 5.80. The number of aromatic nitrogens is 1. The van der Waals surface area contributed by atoms with Gasteiger partial charge in [-0.15, -0.1) is 17.9 Å². The average molecular weight is 702 g/mol. The second-order valence-corrected chi connectivity index (χ2v) is 20.9. The van der Waals surface area contributed by atoms with Crippen LogP contribution in [0.25, 0.3) is 6.08 Å². The maximum atomic E-state index is 14.5. The number of Topliss-reactive ketones (excluding diaryl/α,β-unsaturated/α-hetero) is 1. The molecule has 2 heterocycles. The van der Waals surface area contributed by atoms with Crippen LogP contribution in [0.2, 0.25) is 18.1 Å². The summed E-state index contributed by atoms with van der Waals surface area (Å²) in [6.07, 6.45) is 6.85. The van der Waals surface area contributed by atoms with E-state index in [1.54, 1.807) is 24.3 Å². The van der Waals surface area contributed by atoms with Crippen LogP contribution < -0.4 is 0 Å². The molecule has 1 aliphatic heterocycles. The highest BCUT2D eigenvalue weighted by molar-refractivity contribution is 7.09. The highest BCUT2D eigenvalue weighted by atomic mass is 32.1. The predicted octanol–water partition coefficient (Wildman–Crippen LogP) is 8.56. The Bertz CT molecular complexity index is 1360. The molecule has 10 heteroatoms. The quantitative estimate of drug-likeness (QED) is 0.118. The fourth-order valence-corrected chi connectivity index (χ4v) is 7.78. The first kappa shape index (κ1) is 41.5. The van der Waals surface area contributed by atoms with E-state index in [-0.39, 0.29) is 36.2 Å². The number of esters is 2. The van der Waals surface area contributed by atoms with Crippen LogP contribution in [0.15, 0.2) is 47.9 Å². The van der Waals surface area contributed by atoms with Crippen LogP contribution in [0.4, 0.5) is 0 Å². The van der Waals surface area contributed by atoms with E-state index in [2.05, 4.69) is 52.0 Å². The number of carbonyl (C=O) groups excluding carboxylic acids is 3. The van der Waals surface area contributed by atoms with E-state index in [4.69, 9.17) is 13.9 Å². The van der Waals surface area contributed by atoms with E-state index in [0.29, 0.717) is 25.7 Å². The molecule has 0 fully saturated rings. The number of carbonyl (C=O) groups is 3.